The summed E-state index contributed by atoms with van der Waals surface area (Å²) in [6, 6.07) is 0.457. The number of anilines is 1. The molecule has 76 valence electrons. The van der Waals surface area contributed by atoms with Gasteiger partial charge in [-0.2, -0.15) is 0 Å². The molecule has 14 heavy (non-hydrogen) atoms. The van der Waals surface area contributed by atoms with Gasteiger partial charge in [-0.15, -0.1) is 0 Å². The molecule has 0 aliphatic carbocycles. The summed E-state index contributed by atoms with van der Waals surface area (Å²) >= 11 is 2.27. The van der Waals surface area contributed by atoms with Gasteiger partial charge in [-0.1, -0.05) is 0 Å². The van der Waals surface area contributed by atoms with Crippen molar-refractivity contribution in [2.75, 3.05) is 18.0 Å². The highest BCUT2D eigenvalue weighted by Gasteiger charge is 2.25. The van der Waals surface area contributed by atoms with E-state index in [1.54, 1.807) is 6.33 Å². The predicted octanol–water partition coefficient (Wildman–Crippen LogP) is 1.01. The van der Waals surface area contributed by atoms with Crippen LogP contribution in [-0.2, 0) is 0 Å². The molecule has 0 saturated carbocycles. The van der Waals surface area contributed by atoms with Crippen molar-refractivity contribution < 1.29 is 0 Å². The van der Waals surface area contributed by atoms with E-state index >= 15 is 0 Å². The van der Waals surface area contributed by atoms with Gasteiger partial charge in [-0.25, -0.2) is 9.97 Å². The van der Waals surface area contributed by atoms with Crippen LogP contribution in [0.2, 0.25) is 0 Å². The second kappa shape index (κ2) is 4.39. The van der Waals surface area contributed by atoms with E-state index in [1.165, 1.54) is 12.8 Å². The highest BCUT2D eigenvalue weighted by molar-refractivity contribution is 14.1. The van der Waals surface area contributed by atoms with E-state index in [0.29, 0.717) is 12.6 Å². The smallest absolute Gasteiger partial charge is 0.145 e. The number of hydrogen-bond donors (Lipinski definition) is 1. The molecule has 1 aliphatic heterocycles. The number of hydrogen-bond acceptors (Lipinski definition) is 4. The lowest BCUT2D eigenvalue weighted by Gasteiger charge is -2.24. The Hall–Kier alpha value is -0.430. The van der Waals surface area contributed by atoms with Crippen molar-refractivity contribution in [1.82, 2.24) is 9.97 Å². The van der Waals surface area contributed by atoms with E-state index in [-0.39, 0.29) is 0 Å². The summed E-state index contributed by atoms with van der Waals surface area (Å²) in [7, 11) is 0. The minimum atomic E-state index is 0.457. The Morgan fingerprint density at radius 3 is 3.21 bits per heavy atom. The zero-order valence-corrected chi connectivity index (χ0v) is 10.0. The van der Waals surface area contributed by atoms with E-state index in [2.05, 4.69) is 37.5 Å². The molecule has 2 N–H and O–H groups in total. The molecule has 5 heteroatoms. The first-order valence-electron chi connectivity index (χ1n) is 4.75. The number of rotatable bonds is 2. The van der Waals surface area contributed by atoms with Crippen molar-refractivity contribution in [1.29, 1.82) is 0 Å². The number of nitrogens with two attached hydrogens (primary N) is 1. The van der Waals surface area contributed by atoms with Crippen LogP contribution in [0.5, 0.6) is 0 Å². The summed E-state index contributed by atoms with van der Waals surface area (Å²) in [6.07, 6.45) is 5.83. The maximum atomic E-state index is 5.72. The largest absolute Gasteiger partial charge is 0.351 e. The Balaban J connectivity index is 2.26. The average Bonchev–Trinajstić information content (AvgIpc) is 2.66. The van der Waals surface area contributed by atoms with Crippen LogP contribution < -0.4 is 10.6 Å². The van der Waals surface area contributed by atoms with Crippen LogP contribution in [0.25, 0.3) is 0 Å². The zero-order chi connectivity index (χ0) is 9.97. The molecule has 0 bridgehead atoms. The predicted molar refractivity (Wildman–Crippen MR) is 64.2 cm³/mol. The van der Waals surface area contributed by atoms with Crippen molar-refractivity contribution in [3.63, 3.8) is 0 Å². The number of aromatic nitrogens is 2. The second-order valence-corrected chi connectivity index (χ2v) is 4.58. The van der Waals surface area contributed by atoms with Crippen LogP contribution in [0.4, 0.5) is 5.82 Å². The molecule has 0 amide bonds. The minimum Gasteiger partial charge on any atom is -0.351 e. The fourth-order valence-electron chi connectivity index (χ4n) is 1.88. The van der Waals surface area contributed by atoms with Gasteiger partial charge in [-0.3, -0.25) is 0 Å². The molecule has 1 atom stereocenters. The van der Waals surface area contributed by atoms with Gasteiger partial charge in [0.2, 0.25) is 0 Å². The third kappa shape index (κ3) is 1.83. The molecule has 2 heterocycles. The van der Waals surface area contributed by atoms with Crippen LogP contribution in [0.3, 0.4) is 0 Å². The minimum absolute atomic E-state index is 0.457. The van der Waals surface area contributed by atoms with Crippen LogP contribution in [-0.4, -0.2) is 29.1 Å². The Kier molecular flexibility index (Phi) is 3.17. The third-order valence-electron chi connectivity index (χ3n) is 2.57. The van der Waals surface area contributed by atoms with Crippen LogP contribution in [0.15, 0.2) is 12.5 Å². The van der Waals surface area contributed by atoms with Gasteiger partial charge in [0.05, 0.1) is 3.57 Å². The lowest BCUT2D eigenvalue weighted by molar-refractivity contribution is 0.669. The maximum absolute atomic E-state index is 5.72. The van der Waals surface area contributed by atoms with Gasteiger partial charge in [0.15, 0.2) is 0 Å². The van der Waals surface area contributed by atoms with Crippen molar-refractivity contribution in [3.05, 3.63) is 16.1 Å². The number of nitrogens with zero attached hydrogens (tertiary/aromatic N) is 3. The summed E-state index contributed by atoms with van der Waals surface area (Å²) in [4.78, 5) is 10.6. The summed E-state index contributed by atoms with van der Waals surface area (Å²) in [5.74, 6) is 1.04. The van der Waals surface area contributed by atoms with E-state index in [9.17, 15) is 0 Å². The van der Waals surface area contributed by atoms with E-state index in [0.717, 1.165) is 15.9 Å². The molecule has 0 radical (unpaired) electrons. The van der Waals surface area contributed by atoms with Crippen molar-refractivity contribution >= 4 is 28.4 Å². The molecule has 0 spiro atoms. The molecule has 0 aromatic carbocycles. The highest BCUT2D eigenvalue weighted by atomic mass is 127. The molecule has 1 fully saturated rings. The molecule has 1 unspecified atom stereocenters. The van der Waals surface area contributed by atoms with Crippen LogP contribution in [0, 0.1) is 3.57 Å². The SMILES string of the molecule is NCC1CCCN1c1ncncc1I. The first-order valence-corrected chi connectivity index (χ1v) is 5.83. The molecular formula is C9H13IN4. The molecule has 1 aromatic heterocycles. The fraction of sp³-hybridized carbons (Fsp3) is 0.556. The summed E-state index contributed by atoms with van der Waals surface area (Å²) in [6.45, 7) is 1.77. The molecular weight excluding hydrogens is 291 g/mol. The van der Waals surface area contributed by atoms with Crippen molar-refractivity contribution in [2.45, 2.75) is 18.9 Å². The number of halogens is 1. The monoisotopic (exact) mass is 304 g/mol. The normalized spacial score (nSPS) is 21.6. The Labute approximate surface area is 97.1 Å². The van der Waals surface area contributed by atoms with Gasteiger partial charge >= 0.3 is 0 Å². The molecule has 2 rings (SSSR count). The van der Waals surface area contributed by atoms with Crippen molar-refractivity contribution in [3.8, 4) is 0 Å². The summed E-state index contributed by atoms with van der Waals surface area (Å²) < 4.78 is 1.10. The maximum Gasteiger partial charge on any atom is 0.145 e. The lowest BCUT2D eigenvalue weighted by atomic mass is 10.2. The van der Waals surface area contributed by atoms with Gasteiger partial charge in [-0.05, 0) is 35.4 Å². The van der Waals surface area contributed by atoms with Crippen LogP contribution >= 0.6 is 22.6 Å². The summed E-state index contributed by atoms with van der Waals surface area (Å²) in [5.41, 5.74) is 5.72. The lowest BCUT2D eigenvalue weighted by Crippen LogP contribution is -2.36. The topological polar surface area (TPSA) is 55.0 Å². The quantitative estimate of drug-likeness (QED) is 0.829. The Bertz CT molecular complexity index is 317. The first-order chi connectivity index (χ1) is 6.83. The van der Waals surface area contributed by atoms with Crippen molar-refractivity contribution in [2.24, 2.45) is 5.73 Å². The van der Waals surface area contributed by atoms with E-state index < -0.39 is 0 Å². The molecule has 1 aromatic rings. The first kappa shape index (κ1) is 10.1. The Morgan fingerprint density at radius 2 is 2.50 bits per heavy atom. The van der Waals surface area contributed by atoms with E-state index in [1.807, 2.05) is 6.20 Å². The van der Waals surface area contributed by atoms with Gasteiger partial charge in [0.25, 0.3) is 0 Å². The fourth-order valence-corrected chi connectivity index (χ4v) is 2.49. The molecule has 1 aliphatic rings. The standard InChI is InChI=1S/C9H13IN4/c10-8-5-12-6-13-9(8)14-3-1-2-7(14)4-11/h5-7H,1-4,11H2. The summed E-state index contributed by atoms with van der Waals surface area (Å²) in [5, 5.41) is 0. The third-order valence-corrected chi connectivity index (χ3v) is 3.33. The van der Waals surface area contributed by atoms with E-state index in [4.69, 9.17) is 5.73 Å². The Morgan fingerprint density at radius 1 is 1.64 bits per heavy atom. The second-order valence-electron chi connectivity index (χ2n) is 3.42. The molecule has 4 nitrogen and oxygen atoms in total. The van der Waals surface area contributed by atoms with Crippen LogP contribution in [0.1, 0.15) is 12.8 Å². The molecule has 1 saturated heterocycles. The average molecular weight is 304 g/mol. The van der Waals surface area contributed by atoms with Gasteiger partial charge in [0.1, 0.15) is 12.1 Å². The highest BCUT2D eigenvalue weighted by Crippen LogP contribution is 2.26. The van der Waals surface area contributed by atoms with Gasteiger partial charge < -0.3 is 10.6 Å². The zero-order valence-electron chi connectivity index (χ0n) is 7.86. The van der Waals surface area contributed by atoms with Gasteiger partial charge in [0, 0.05) is 25.3 Å².